The lowest BCUT2D eigenvalue weighted by atomic mass is 10.6. The first kappa shape index (κ1) is 12.6. The molecule has 1 rings (SSSR count). The lowest BCUT2D eigenvalue weighted by Gasteiger charge is -1.98. The van der Waals surface area contributed by atoms with Crippen molar-refractivity contribution in [3.05, 3.63) is 10.1 Å². The molecule has 0 aliphatic rings. The van der Waals surface area contributed by atoms with Gasteiger partial charge in [-0.1, -0.05) is 0 Å². The molecule has 4 N–H and O–H groups in total. The number of hydrogen-bond acceptors (Lipinski definition) is 8. The molecule has 0 fully saturated rings. The Balaban J connectivity index is 2.78. The number of aliphatic hydroxyl groups is 2. The number of aliphatic hydroxyl groups excluding tert-OH is 2. The molecule has 16 heavy (non-hydrogen) atoms. The van der Waals surface area contributed by atoms with Gasteiger partial charge < -0.3 is 20.8 Å². The van der Waals surface area contributed by atoms with Crippen LogP contribution < -0.4 is 10.6 Å². The number of nitrogens with one attached hydrogen (secondary N) is 2. The minimum atomic E-state index is -0.540. The van der Waals surface area contributed by atoms with Crippen LogP contribution in [-0.4, -0.2) is 46.4 Å². The lowest BCUT2D eigenvalue weighted by molar-refractivity contribution is -0.379. The second kappa shape index (κ2) is 6.20. The Kier molecular flexibility index (Phi) is 4.89. The molecule has 0 amide bonds. The summed E-state index contributed by atoms with van der Waals surface area (Å²) < 4.78 is 0. The van der Waals surface area contributed by atoms with Gasteiger partial charge in [0.2, 0.25) is 5.82 Å². The molecule has 0 unspecified atom stereocenters. The molecule has 0 saturated heterocycles. The molecule has 0 bridgehead atoms. The Morgan fingerprint density at radius 3 is 2.50 bits per heavy atom. The Labute approximate surface area is 95.1 Å². The van der Waals surface area contributed by atoms with Crippen LogP contribution in [0.1, 0.15) is 0 Å². The molecule has 0 aliphatic heterocycles. The zero-order valence-electron chi connectivity index (χ0n) is 8.34. The summed E-state index contributed by atoms with van der Waals surface area (Å²) in [6.45, 7) is 0.273. The maximum absolute atomic E-state index is 10.7. The van der Waals surface area contributed by atoms with Gasteiger partial charge in [0.05, 0.1) is 18.1 Å². The average Bonchev–Trinajstić information content (AvgIpc) is 2.67. The maximum atomic E-state index is 10.7. The molecular formula is C7H12N4O4S. The number of hydrogen-bond donors (Lipinski definition) is 4. The molecule has 9 heteroatoms. The quantitative estimate of drug-likeness (QED) is 0.391. The molecule has 1 aromatic rings. The number of nitro groups is 1. The maximum Gasteiger partial charge on any atom is 0.369 e. The lowest BCUT2D eigenvalue weighted by Crippen LogP contribution is -2.08. The van der Waals surface area contributed by atoms with Crippen LogP contribution in [0.2, 0.25) is 0 Å². The topological polar surface area (TPSA) is 121 Å². The van der Waals surface area contributed by atoms with E-state index in [-0.39, 0.29) is 37.1 Å². The van der Waals surface area contributed by atoms with Crippen molar-refractivity contribution in [1.82, 2.24) is 4.98 Å². The fourth-order valence-corrected chi connectivity index (χ4v) is 1.75. The van der Waals surface area contributed by atoms with E-state index in [0.29, 0.717) is 5.13 Å². The van der Waals surface area contributed by atoms with Crippen molar-refractivity contribution in [2.45, 2.75) is 0 Å². The third-order valence-electron chi connectivity index (χ3n) is 1.57. The zero-order valence-corrected chi connectivity index (χ0v) is 9.16. The van der Waals surface area contributed by atoms with Crippen molar-refractivity contribution >= 4 is 27.3 Å². The highest BCUT2D eigenvalue weighted by Crippen LogP contribution is 2.34. The second-order valence-electron chi connectivity index (χ2n) is 2.73. The highest BCUT2D eigenvalue weighted by molar-refractivity contribution is 7.19. The predicted octanol–water partition coefficient (Wildman–Crippen LogP) is -0.140. The Bertz CT molecular complexity index is 356. The summed E-state index contributed by atoms with van der Waals surface area (Å²) in [6.07, 6.45) is 0. The van der Waals surface area contributed by atoms with Crippen LogP contribution in [0.5, 0.6) is 0 Å². The molecule has 0 spiro atoms. The largest absolute Gasteiger partial charge is 0.395 e. The van der Waals surface area contributed by atoms with Gasteiger partial charge in [0.15, 0.2) is 5.13 Å². The zero-order chi connectivity index (χ0) is 12.0. The van der Waals surface area contributed by atoms with Crippen LogP contribution >= 0.6 is 11.3 Å². The van der Waals surface area contributed by atoms with Crippen molar-refractivity contribution in [1.29, 1.82) is 0 Å². The van der Waals surface area contributed by atoms with E-state index < -0.39 is 4.92 Å². The van der Waals surface area contributed by atoms with Crippen LogP contribution in [0.4, 0.5) is 16.0 Å². The second-order valence-corrected chi connectivity index (χ2v) is 3.71. The molecule has 90 valence electrons. The molecule has 0 aliphatic carbocycles. The standard InChI is InChI=1S/C7H12N4O4S/c12-3-1-8-5-6(11(14)15)16-7(10-5)9-2-4-13/h8,12-13H,1-4H2,(H,9,10). The molecule has 1 heterocycles. The summed E-state index contributed by atoms with van der Waals surface area (Å²) in [5.41, 5.74) is 0. The van der Waals surface area contributed by atoms with E-state index in [0.717, 1.165) is 11.3 Å². The Morgan fingerprint density at radius 1 is 1.31 bits per heavy atom. The van der Waals surface area contributed by atoms with Crippen LogP contribution in [0.3, 0.4) is 0 Å². The van der Waals surface area contributed by atoms with Gasteiger partial charge in [-0.15, -0.1) is 0 Å². The first-order chi connectivity index (χ1) is 7.69. The van der Waals surface area contributed by atoms with E-state index in [1.165, 1.54) is 0 Å². The third kappa shape index (κ3) is 3.29. The Morgan fingerprint density at radius 2 is 1.94 bits per heavy atom. The monoisotopic (exact) mass is 248 g/mol. The molecule has 8 nitrogen and oxygen atoms in total. The van der Waals surface area contributed by atoms with Gasteiger partial charge in [-0.05, 0) is 11.3 Å². The van der Waals surface area contributed by atoms with Crippen LogP contribution in [-0.2, 0) is 0 Å². The Hall–Kier alpha value is -1.45. The summed E-state index contributed by atoms with van der Waals surface area (Å²) in [5, 5.41) is 33.5. The summed E-state index contributed by atoms with van der Waals surface area (Å²) in [6, 6.07) is 0. The minimum absolute atomic E-state index is 0.0766. The van der Waals surface area contributed by atoms with E-state index >= 15 is 0 Å². The van der Waals surface area contributed by atoms with Gasteiger partial charge in [-0.2, -0.15) is 4.98 Å². The summed E-state index contributed by atoms with van der Waals surface area (Å²) in [7, 11) is 0. The van der Waals surface area contributed by atoms with Gasteiger partial charge in [0.1, 0.15) is 0 Å². The van der Waals surface area contributed by atoms with Gasteiger partial charge in [-0.3, -0.25) is 10.1 Å². The van der Waals surface area contributed by atoms with E-state index in [1.54, 1.807) is 0 Å². The van der Waals surface area contributed by atoms with Crippen molar-refractivity contribution in [3.8, 4) is 0 Å². The molecule has 0 aromatic carbocycles. The minimum Gasteiger partial charge on any atom is -0.395 e. The molecule has 0 saturated carbocycles. The van der Waals surface area contributed by atoms with Crippen molar-refractivity contribution in [3.63, 3.8) is 0 Å². The summed E-state index contributed by atoms with van der Waals surface area (Å²) >= 11 is 0.881. The number of nitrogens with zero attached hydrogens (tertiary/aromatic N) is 2. The van der Waals surface area contributed by atoms with E-state index in [2.05, 4.69) is 15.6 Å². The number of rotatable bonds is 7. The fraction of sp³-hybridized carbons (Fsp3) is 0.571. The molecule has 0 radical (unpaired) electrons. The van der Waals surface area contributed by atoms with Gasteiger partial charge >= 0.3 is 5.00 Å². The van der Waals surface area contributed by atoms with E-state index in [1.807, 2.05) is 0 Å². The highest BCUT2D eigenvalue weighted by Gasteiger charge is 2.20. The van der Waals surface area contributed by atoms with E-state index in [4.69, 9.17) is 10.2 Å². The molecular weight excluding hydrogens is 236 g/mol. The SMILES string of the molecule is O=[N+]([O-])c1sc(NCCO)nc1NCCO. The first-order valence-corrected chi connectivity index (χ1v) is 5.35. The summed E-state index contributed by atoms with van der Waals surface area (Å²) in [5.74, 6) is 0.129. The third-order valence-corrected chi connectivity index (χ3v) is 2.53. The van der Waals surface area contributed by atoms with Gasteiger partial charge in [0.25, 0.3) is 0 Å². The van der Waals surface area contributed by atoms with Crippen LogP contribution in [0, 0.1) is 10.1 Å². The first-order valence-electron chi connectivity index (χ1n) is 4.53. The average molecular weight is 248 g/mol. The van der Waals surface area contributed by atoms with Gasteiger partial charge in [0, 0.05) is 13.1 Å². The predicted molar refractivity (Wildman–Crippen MR) is 59.9 cm³/mol. The smallest absolute Gasteiger partial charge is 0.369 e. The van der Waals surface area contributed by atoms with Crippen LogP contribution in [0.15, 0.2) is 0 Å². The summed E-state index contributed by atoms with van der Waals surface area (Å²) in [4.78, 5) is 14.1. The van der Waals surface area contributed by atoms with Crippen LogP contribution in [0.25, 0.3) is 0 Å². The van der Waals surface area contributed by atoms with E-state index in [9.17, 15) is 10.1 Å². The molecule has 1 aromatic heterocycles. The normalized spacial score (nSPS) is 10.1. The van der Waals surface area contributed by atoms with Gasteiger partial charge in [-0.25, -0.2) is 0 Å². The number of thiazole rings is 1. The number of aromatic nitrogens is 1. The van der Waals surface area contributed by atoms with Crippen molar-refractivity contribution in [2.24, 2.45) is 0 Å². The molecule has 0 atom stereocenters. The number of anilines is 2. The fourth-order valence-electron chi connectivity index (χ4n) is 0.964. The highest BCUT2D eigenvalue weighted by atomic mass is 32.1. The van der Waals surface area contributed by atoms with Crippen molar-refractivity contribution < 1.29 is 15.1 Å². The van der Waals surface area contributed by atoms with Crippen molar-refractivity contribution in [2.75, 3.05) is 36.9 Å².